The molecule has 1 atom stereocenters. The molecule has 0 saturated carbocycles. The molecule has 3 aliphatic rings. The molecule has 2 saturated heterocycles. The number of rotatable bonds is 4. The Labute approximate surface area is 217 Å². The molecule has 2 aromatic carbocycles. The van der Waals surface area contributed by atoms with Gasteiger partial charge in [0.25, 0.3) is 5.91 Å². The molecule has 0 N–H and O–H groups in total. The maximum absolute atomic E-state index is 13.6. The van der Waals surface area contributed by atoms with Gasteiger partial charge in [0.1, 0.15) is 18.2 Å². The lowest BCUT2D eigenvalue weighted by Crippen LogP contribution is -2.44. The Morgan fingerprint density at radius 2 is 1.81 bits per heavy atom. The van der Waals surface area contributed by atoms with Gasteiger partial charge in [-0.3, -0.25) is 14.6 Å². The van der Waals surface area contributed by atoms with Crippen molar-refractivity contribution in [2.75, 3.05) is 36.0 Å². The van der Waals surface area contributed by atoms with E-state index in [1.807, 2.05) is 0 Å². The second-order valence-corrected chi connectivity index (χ2v) is 10.2. The molecule has 0 aromatic heterocycles. The van der Waals surface area contributed by atoms with Crippen molar-refractivity contribution in [1.82, 2.24) is 4.90 Å². The van der Waals surface area contributed by atoms with Crippen molar-refractivity contribution >= 4 is 34.6 Å². The summed E-state index contributed by atoms with van der Waals surface area (Å²) < 4.78 is 52.8. The number of hydrogen-bond donors (Lipinski definition) is 0. The van der Waals surface area contributed by atoms with Crippen molar-refractivity contribution < 1.29 is 27.4 Å². The van der Waals surface area contributed by atoms with Crippen molar-refractivity contribution in [1.29, 1.82) is 5.26 Å². The number of carbonyl (C=O) groups is 1. The fourth-order valence-electron chi connectivity index (χ4n) is 5.04. The smallest absolute Gasteiger partial charge is 0.417 e. The van der Waals surface area contributed by atoms with Crippen molar-refractivity contribution in [2.45, 2.75) is 44.5 Å². The van der Waals surface area contributed by atoms with E-state index in [1.165, 1.54) is 18.9 Å². The zero-order valence-electron chi connectivity index (χ0n) is 20.3. The summed E-state index contributed by atoms with van der Waals surface area (Å²) in [5, 5.41) is 9.14. The molecule has 0 unspecified atom stereocenters. The fourth-order valence-corrected chi connectivity index (χ4v) is 5.57. The summed E-state index contributed by atoms with van der Waals surface area (Å²) in [6.45, 7) is 6.59. The first kappa shape index (κ1) is 25.3. The van der Waals surface area contributed by atoms with E-state index in [1.54, 1.807) is 43.0 Å². The Hall–Kier alpha value is -3.36. The standard InChI is InChI=1S/C26H25F3N4O3S/c1-25(2)23(34)32(17-6-5-16(13-30)20(11-17)26(27,28)29)24(37)33(25)18-7-8-21-22(12-18)35-15-19(36-21)14-31-9-3-4-10-31/h5-8,11-12,19H,3-4,9-10,14-15H2,1-2H3/t19-/m1/s1. The maximum atomic E-state index is 13.6. The molecule has 11 heteroatoms. The Bertz CT molecular complexity index is 1300. The number of nitriles is 1. The van der Waals surface area contributed by atoms with Crippen LogP contribution in [-0.4, -0.2) is 53.8 Å². The summed E-state index contributed by atoms with van der Waals surface area (Å²) in [4.78, 5) is 18.4. The number of carbonyl (C=O) groups excluding carboxylic acids is 1. The number of nitrogens with zero attached hydrogens (tertiary/aromatic N) is 4. The van der Waals surface area contributed by atoms with Crippen LogP contribution in [0.2, 0.25) is 0 Å². The molecular weight excluding hydrogens is 505 g/mol. The molecule has 3 heterocycles. The Morgan fingerprint density at radius 1 is 1.11 bits per heavy atom. The van der Waals surface area contributed by atoms with Gasteiger partial charge in [-0.2, -0.15) is 18.4 Å². The molecule has 0 spiro atoms. The van der Waals surface area contributed by atoms with Crippen LogP contribution in [0.25, 0.3) is 0 Å². The monoisotopic (exact) mass is 530 g/mol. The SMILES string of the molecule is CC1(C)C(=O)N(c2ccc(C#N)c(C(F)(F)F)c2)C(=S)N1c1ccc2c(c1)OC[C@@H](CN1CCCC1)O2. The molecule has 194 valence electrons. The molecule has 37 heavy (non-hydrogen) atoms. The first-order valence-electron chi connectivity index (χ1n) is 12.0. The van der Waals surface area contributed by atoms with E-state index in [2.05, 4.69) is 4.90 Å². The average molecular weight is 531 g/mol. The molecule has 2 fully saturated rings. The lowest BCUT2D eigenvalue weighted by atomic mass is 10.0. The Kier molecular flexibility index (Phi) is 6.28. The van der Waals surface area contributed by atoms with E-state index >= 15 is 0 Å². The number of likely N-dealkylation sites (tertiary alicyclic amines) is 1. The molecular formula is C26H25F3N4O3S. The molecule has 2 aromatic rings. The lowest BCUT2D eigenvalue weighted by molar-refractivity contribution is -0.137. The van der Waals surface area contributed by atoms with Crippen LogP contribution in [0.15, 0.2) is 36.4 Å². The quantitative estimate of drug-likeness (QED) is 0.530. The molecule has 5 rings (SSSR count). The molecule has 3 aliphatic heterocycles. The number of halogens is 3. The molecule has 0 bridgehead atoms. The second-order valence-electron chi connectivity index (χ2n) is 9.85. The van der Waals surface area contributed by atoms with Gasteiger partial charge in [-0.25, -0.2) is 0 Å². The van der Waals surface area contributed by atoms with Gasteiger partial charge in [-0.15, -0.1) is 0 Å². The Balaban J connectivity index is 1.43. The van der Waals surface area contributed by atoms with Crippen molar-refractivity contribution in [3.05, 3.63) is 47.5 Å². The number of anilines is 2. The van der Waals surface area contributed by atoms with Gasteiger partial charge in [0.15, 0.2) is 16.6 Å². The summed E-state index contributed by atoms with van der Waals surface area (Å²) >= 11 is 5.61. The van der Waals surface area contributed by atoms with Crippen LogP contribution >= 0.6 is 12.2 Å². The largest absolute Gasteiger partial charge is 0.486 e. The molecule has 0 aliphatic carbocycles. The van der Waals surface area contributed by atoms with Gasteiger partial charge >= 0.3 is 6.18 Å². The molecule has 7 nitrogen and oxygen atoms in total. The van der Waals surface area contributed by atoms with Crippen LogP contribution in [0.5, 0.6) is 11.5 Å². The summed E-state index contributed by atoms with van der Waals surface area (Å²) in [6.07, 6.45) is -2.47. The minimum atomic E-state index is -4.76. The van der Waals surface area contributed by atoms with Gasteiger partial charge in [0.05, 0.1) is 22.9 Å². The van der Waals surface area contributed by atoms with Crippen LogP contribution in [0.4, 0.5) is 24.5 Å². The normalized spacial score (nSPS) is 21.5. The van der Waals surface area contributed by atoms with E-state index in [4.69, 9.17) is 27.0 Å². The predicted octanol–water partition coefficient (Wildman–Crippen LogP) is 4.73. The second kappa shape index (κ2) is 9.19. The number of hydrogen-bond acceptors (Lipinski definition) is 6. The minimum Gasteiger partial charge on any atom is -0.486 e. The third-order valence-corrected chi connectivity index (χ3v) is 7.28. The van der Waals surface area contributed by atoms with E-state index < -0.39 is 28.7 Å². The van der Waals surface area contributed by atoms with Crippen molar-refractivity contribution in [3.8, 4) is 17.6 Å². The summed E-state index contributed by atoms with van der Waals surface area (Å²) in [5.41, 5.74) is -2.34. The maximum Gasteiger partial charge on any atom is 0.417 e. The first-order chi connectivity index (χ1) is 17.5. The van der Waals surface area contributed by atoms with Gasteiger partial charge in [-0.05, 0) is 82.3 Å². The van der Waals surface area contributed by atoms with E-state index in [0.717, 1.165) is 36.7 Å². The fraction of sp³-hybridized carbons (Fsp3) is 0.423. The van der Waals surface area contributed by atoms with Crippen LogP contribution in [-0.2, 0) is 11.0 Å². The van der Waals surface area contributed by atoms with Crippen LogP contribution in [0, 0.1) is 11.3 Å². The highest BCUT2D eigenvalue weighted by Gasteiger charge is 2.51. The van der Waals surface area contributed by atoms with Crippen LogP contribution in [0.3, 0.4) is 0 Å². The first-order valence-corrected chi connectivity index (χ1v) is 12.4. The lowest BCUT2D eigenvalue weighted by Gasteiger charge is -2.32. The van der Waals surface area contributed by atoms with Gasteiger partial charge < -0.3 is 14.4 Å². The van der Waals surface area contributed by atoms with Crippen LogP contribution < -0.4 is 19.3 Å². The molecule has 1 amide bonds. The highest BCUT2D eigenvalue weighted by molar-refractivity contribution is 7.81. The van der Waals surface area contributed by atoms with Crippen LogP contribution in [0.1, 0.15) is 37.8 Å². The average Bonchev–Trinajstić information content (AvgIpc) is 3.42. The number of fused-ring (bicyclic) bond motifs is 1. The minimum absolute atomic E-state index is 0.0245. The summed E-state index contributed by atoms with van der Waals surface area (Å²) in [5.74, 6) is 0.612. The Morgan fingerprint density at radius 3 is 2.49 bits per heavy atom. The topological polar surface area (TPSA) is 69.0 Å². The van der Waals surface area contributed by atoms with Gasteiger partial charge in [0, 0.05) is 18.3 Å². The van der Waals surface area contributed by atoms with Gasteiger partial charge in [0.2, 0.25) is 0 Å². The number of alkyl halides is 3. The van der Waals surface area contributed by atoms with Gasteiger partial charge in [-0.1, -0.05) is 0 Å². The zero-order valence-corrected chi connectivity index (χ0v) is 21.2. The number of thiocarbonyl (C=S) groups is 1. The number of amides is 1. The molecule has 0 radical (unpaired) electrons. The van der Waals surface area contributed by atoms with E-state index in [-0.39, 0.29) is 16.9 Å². The highest BCUT2D eigenvalue weighted by atomic mass is 32.1. The third-order valence-electron chi connectivity index (χ3n) is 6.92. The number of ether oxygens (including phenoxy) is 2. The van der Waals surface area contributed by atoms with E-state index in [0.29, 0.717) is 23.8 Å². The predicted molar refractivity (Wildman–Crippen MR) is 135 cm³/mol. The summed E-state index contributed by atoms with van der Waals surface area (Å²) in [6, 6.07) is 9.92. The highest BCUT2D eigenvalue weighted by Crippen LogP contribution is 2.42. The van der Waals surface area contributed by atoms with Crippen molar-refractivity contribution in [3.63, 3.8) is 0 Å². The third kappa shape index (κ3) is 4.49. The summed E-state index contributed by atoms with van der Waals surface area (Å²) in [7, 11) is 0. The van der Waals surface area contributed by atoms with E-state index in [9.17, 15) is 18.0 Å². The zero-order chi connectivity index (χ0) is 26.5. The number of benzene rings is 2. The van der Waals surface area contributed by atoms with Crippen molar-refractivity contribution in [2.24, 2.45) is 0 Å².